The van der Waals surface area contributed by atoms with Crippen molar-refractivity contribution in [2.75, 3.05) is 6.54 Å². The first-order valence-corrected chi connectivity index (χ1v) is 11.9. The van der Waals surface area contributed by atoms with Crippen LogP contribution in [0.4, 0.5) is 4.79 Å². The summed E-state index contributed by atoms with van der Waals surface area (Å²) in [4.78, 5) is 41.1. The Morgan fingerprint density at radius 3 is 2.58 bits per heavy atom. The van der Waals surface area contributed by atoms with Gasteiger partial charge in [-0.25, -0.2) is 4.79 Å². The van der Waals surface area contributed by atoms with Gasteiger partial charge in [-0.05, 0) is 47.9 Å². The molecule has 1 aromatic heterocycles. The second kappa shape index (κ2) is 8.48. The highest BCUT2D eigenvalue weighted by molar-refractivity contribution is 7.10. The summed E-state index contributed by atoms with van der Waals surface area (Å²) >= 11 is 1.55. The van der Waals surface area contributed by atoms with Gasteiger partial charge in [0.15, 0.2) is 0 Å². The molecule has 168 valence electrons. The maximum Gasteiger partial charge on any atom is 0.325 e. The van der Waals surface area contributed by atoms with Crippen LogP contribution in [-0.2, 0) is 22.4 Å². The number of thiophene rings is 1. The molecule has 7 heteroatoms. The van der Waals surface area contributed by atoms with Crippen LogP contribution < -0.4 is 10.6 Å². The number of nitrogens with zero attached hydrogens (tertiary/aromatic N) is 1. The van der Waals surface area contributed by atoms with Crippen molar-refractivity contribution in [2.45, 2.75) is 37.8 Å². The third kappa shape index (κ3) is 4.04. The molecule has 2 unspecified atom stereocenters. The summed E-state index contributed by atoms with van der Waals surface area (Å²) < 4.78 is 0. The molecular formula is C26H25N3O3S. The third-order valence-corrected chi connectivity index (χ3v) is 7.46. The molecule has 1 saturated heterocycles. The maximum atomic E-state index is 13.3. The quantitative estimate of drug-likeness (QED) is 0.571. The Hall–Kier alpha value is -3.45. The average molecular weight is 460 g/mol. The van der Waals surface area contributed by atoms with E-state index in [1.54, 1.807) is 11.3 Å². The van der Waals surface area contributed by atoms with Crippen LogP contribution in [0.15, 0.2) is 66.0 Å². The molecule has 3 aromatic rings. The number of benzene rings is 2. The van der Waals surface area contributed by atoms with Gasteiger partial charge in [-0.1, -0.05) is 60.2 Å². The number of hydrogen-bond donors (Lipinski definition) is 2. The van der Waals surface area contributed by atoms with Gasteiger partial charge in [0, 0.05) is 11.3 Å². The van der Waals surface area contributed by atoms with E-state index in [0.717, 1.165) is 32.9 Å². The van der Waals surface area contributed by atoms with Crippen LogP contribution in [0.3, 0.4) is 0 Å². The van der Waals surface area contributed by atoms with Crippen LogP contribution >= 0.6 is 11.3 Å². The summed E-state index contributed by atoms with van der Waals surface area (Å²) in [6.45, 7) is 1.71. The molecule has 0 bridgehead atoms. The van der Waals surface area contributed by atoms with Gasteiger partial charge in [0.2, 0.25) is 5.91 Å². The van der Waals surface area contributed by atoms with Gasteiger partial charge < -0.3 is 10.6 Å². The molecule has 6 nitrogen and oxygen atoms in total. The topological polar surface area (TPSA) is 78.5 Å². The summed E-state index contributed by atoms with van der Waals surface area (Å²) in [6, 6.07) is 19.0. The van der Waals surface area contributed by atoms with Gasteiger partial charge >= 0.3 is 6.03 Å². The number of nitrogens with one attached hydrogen (secondary N) is 2. The van der Waals surface area contributed by atoms with E-state index in [1.807, 2.05) is 66.9 Å². The predicted molar refractivity (Wildman–Crippen MR) is 127 cm³/mol. The molecule has 2 N–H and O–H groups in total. The van der Waals surface area contributed by atoms with E-state index in [4.69, 9.17) is 0 Å². The van der Waals surface area contributed by atoms with E-state index in [2.05, 4.69) is 16.7 Å². The third-order valence-electron chi connectivity index (χ3n) is 6.52. The smallest absolute Gasteiger partial charge is 0.325 e. The van der Waals surface area contributed by atoms with Gasteiger partial charge in [0.25, 0.3) is 5.91 Å². The molecule has 1 spiro atoms. The van der Waals surface area contributed by atoms with Crippen molar-refractivity contribution in [3.05, 3.63) is 93.2 Å². The number of urea groups is 1. The number of carbonyl (C=O) groups is 3. The fraction of sp³-hybridized carbons (Fsp3) is 0.269. The minimum atomic E-state index is -0.962. The number of carbonyl (C=O) groups excluding carboxylic acids is 3. The van der Waals surface area contributed by atoms with E-state index in [1.165, 1.54) is 5.56 Å². The Kier molecular flexibility index (Phi) is 5.50. The summed E-state index contributed by atoms with van der Waals surface area (Å²) in [5.74, 6) is -0.689. The van der Waals surface area contributed by atoms with Crippen molar-refractivity contribution in [3.63, 3.8) is 0 Å². The molecule has 0 radical (unpaired) electrons. The molecule has 1 aliphatic carbocycles. The van der Waals surface area contributed by atoms with Gasteiger partial charge in [-0.2, -0.15) is 0 Å². The van der Waals surface area contributed by atoms with Crippen molar-refractivity contribution in [1.29, 1.82) is 0 Å². The Morgan fingerprint density at radius 1 is 1.09 bits per heavy atom. The molecule has 5 rings (SSSR count). The monoisotopic (exact) mass is 459 g/mol. The van der Waals surface area contributed by atoms with E-state index >= 15 is 0 Å². The zero-order valence-corrected chi connectivity index (χ0v) is 19.2. The lowest BCUT2D eigenvalue weighted by molar-refractivity contribution is -0.135. The van der Waals surface area contributed by atoms with Crippen LogP contribution in [-0.4, -0.2) is 34.8 Å². The van der Waals surface area contributed by atoms with Crippen LogP contribution in [0, 0.1) is 6.92 Å². The molecule has 33 heavy (non-hydrogen) atoms. The minimum absolute atomic E-state index is 0.304. The van der Waals surface area contributed by atoms with Crippen molar-refractivity contribution in [3.8, 4) is 0 Å². The van der Waals surface area contributed by atoms with Crippen LogP contribution in [0.25, 0.3) is 0 Å². The predicted octanol–water partition coefficient (Wildman–Crippen LogP) is 3.74. The lowest BCUT2D eigenvalue weighted by Gasteiger charge is -2.32. The molecule has 2 heterocycles. The number of hydrogen-bond acceptors (Lipinski definition) is 4. The fourth-order valence-electron chi connectivity index (χ4n) is 4.73. The molecule has 2 atom stereocenters. The van der Waals surface area contributed by atoms with E-state index in [-0.39, 0.29) is 24.4 Å². The Balaban J connectivity index is 1.32. The van der Waals surface area contributed by atoms with Crippen molar-refractivity contribution < 1.29 is 14.4 Å². The minimum Gasteiger partial charge on any atom is -0.343 e. The van der Waals surface area contributed by atoms with Crippen LogP contribution in [0.5, 0.6) is 0 Å². The van der Waals surface area contributed by atoms with E-state index < -0.39 is 11.6 Å². The number of fused-ring (bicyclic) bond motifs is 1. The number of imide groups is 1. The first-order valence-electron chi connectivity index (χ1n) is 11.1. The zero-order valence-electron chi connectivity index (χ0n) is 18.3. The van der Waals surface area contributed by atoms with Gasteiger partial charge in [-0.15, -0.1) is 11.3 Å². The van der Waals surface area contributed by atoms with Crippen LogP contribution in [0.2, 0.25) is 0 Å². The fourth-order valence-corrected chi connectivity index (χ4v) is 5.53. The molecule has 2 aromatic carbocycles. The Bertz CT molecular complexity index is 1210. The first kappa shape index (κ1) is 21.4. The highest BCUT2D eigenvalue weighted by Crippen LogP contribution is 2.33. The largest absolute Gasteiger partial charge is 0.343 e. The highest BCUT2D eigenvalue weighted by Gasteiger charge is 2.52. The SMILES string of the molecule is Cc1ccc(C(NC(=O)CN2C(=O)NC3(CCc4ccccc4C3)C2=O)c2cccs2)cc1. The number of amides is 4. The molecule has 2 aliphatic rings. The van der Waals surface area contributed by atoms with Gasteiger partial charge in [0.05, 0.1) is 6.04 Å². The molecule has 4 amide bonds. The van der Waals surface area contributed by atoms with Crippen molar-refractivity contribution >= 4 is 29.2 Å². The highest BCUT2D eigenvalue weighted by atomic mass is 32.1. The zero-order chi connectivity index (χ0) is 23.0. The van der Waals surface area contributed by atoms with Gasteiger partial charge in [-0.3, -0.25) is 14.5 Å². The number of rotatable bonds is 5. The van der Waals surface area contributed by atoms with E-state index in [0.29, 0.717) is 12.8 Å². The lowest BCUT2D eigenvalue weighted by Crippen LogP contribution is -2.51. The summed E-state index contributed by atoms with van der Waals surface area (Å²) in [5, 5.41) is 7.88. The summed E-state index contributed by atoms with van der Waals surface area (Å²) in [5.41, 5.74) is 3.40. The standard InChI is InChI=1S/C26H25N3O3S/c1-17-8-10-19(11-9-17)23(21-7-4-14-33-21)27-22(30)16-29-24(31)26(28-25(29)32)13-12-18-5-2-3-6-20(18)15-26/h2-11,14,23H,12-13,15-16H2,1H3,(H,27,30)(H,28,32). The van der Waals surface area contributed by atoms with E-state index in [9.17, 15) is 14.4 Å². The second-order valence-corrected chi connectivity index (χ2v) is 9.75. The summed E-state index contributed by atoms with van der Waals surface area (Å²) in [7, 11) is 0. The Labute approximate surface area is 196 Å². The molecule has 1 fully saturated rings. The lowest BCUT2D eigenvalue weighted by atomic mass is 9.78. The van der Waals surface area contributed by atoms with Gasteiger partial charge in [0.1, 0.15) is 12.1 Å². The molecule has 0 saturated carbocycles. The average Bonchev–Trinajstić information content (AvgIpc) is 3.42. The second-order valence-electron chi connectivity index (χ2n) is 8.78. The number of aryl methyl sites for hydroxylation is 2. The van der Waals surface area contributed by atoms with Crippen LogP contribution in [0.1, 0.15) is 39.6 Å². The molecule has 1 aliphatic heterocycles. The normalized spacial score (nSPS) is 20.5. The first-order chi connectivity index (χ1) is 15.9. The maximum absolute atomic E-state index is 13.3. The Morgan fingerprint density at radius 2 is 1.85 bits per heavy atom. The summed E-state index contributed by atoms with van der Waals surface area (Å²) in [6.07, 6.45) is 1.71. The molecular weight excluding hydrogens is 434 g/mol. The van der Waals surface area contributed by atoms with Crippen molar-refractivity contribution in [1.82, 2.24) is 15.5 Å². The van der Waals surface area contributed by atoms with Crippen molar-refractivity contribution in [2.24, 2.45) is 0 Å².